The van der Waals surface area contributed by atoms with Gasteiger partial charge in [-0.2, -0.15) is 4.98 Å². The van der Waals surface area contributed by atoms with Gasteiger partial charge in [-0.25, -0.2) is 9.50 Å². The highest BCUT2D eigenvalue weighted by Gasteiger charge is 2.19. The van der Waals surface area contributed by atoms with E-state index in [0.29, 0.717) is 16.7 Å². The fourth-order valence-electron chi connectivity index (χ4n) is 3.78. The van der Waals surface area contributed by atoms with Crippen LogP contribution < -0.4 is 0 Å². The minimum absolute atomic E-state index is 0.175. The van der Waals surface area contributed by atoms with Gasteiger partial charge in [0.2, 0.25) is 11.1 Å². The topological polar surface area (TPSA) is 63.4 Å². The summed E-state index contributed by atoms with van der Waals surface area (Å²) in [4.78, 5) is 23.6. The largest absolute Gasteiger partial charge is 0.342 e. The fourth-order valence-corrected chi connectivity index (χ4v) is 4.50. The van der Waals surface area contributed by atoms with E-state index in [4.69, 9.17) is 0 Å². The van der Waals surface area contributed by atoms with E-state index >= 15 is 0 Å². The molecule has 3 heterocycles. The number of carbonyl (C=O) groups excluding carboxylic acids is 1. The lowest BCUT2D eigenvalue weighted by Gasteiger charge is -2.26. The summed E-state index contributed by atoms with van der Waals surface area (Å²) >= 11 is 1.40. The first-order valence-electron chi connectivity index (χ1n) is 10.2. The van der Waals surface area contributed by atoms with E-state index in [1.807, 2.05) is 16.3 Å². The monoisotopic (exact) mass is 409 g/mol. The van der Waals surface area contributed by atoms with Crippen LogP contribution in [0.1, 0.15) is 47.3 Å². The van der Waals surface area contributed by atoms with Crippen LogP contribution in [0.25, 0.3) is 5.78 Å². The third-order valence-corrected chi connectivity index (χ3v) is 6.39. The molecule has 7 heteroatoms. The van der Waals surface area contributed by atoms with Crippen LogP contribution in [0, 0.1) is 20.8 Å². The van der Waals surface area contributed by atoms with Crippen molar-refractivity contribution in [2.24, 2.45) is 0 Å². The molecule has 0 N–H and O–H groups in total. The Labute approximate surface area is 175 Å². The van der Waals surface area contributed by atoms with Crippen LogP contribution in [-0.2, 0) is 11.2 Å². The zero-order chi connectivity index (χ0) is 20.4. The van der Waals surface area contributed by atoms with Gasteiger partial charge in [0.1, 0.15) is 0 Å². The van der Waals surface area contributed by atoms with Crippen molar-refractivity contribution < 1.29 is 4.79 Å². The van der Waals surface area contributed by atoms with Gasteiger partial charge in [0.05, 0.1) is 5.75 Å². The number of nitrogens with zero attached hydrogens (tertiary/aromatic N) is 5. The number of likely N-dealkylation sites (tertiary alicyclic amines) is 1. The van der Waals surface area contributed by atoms with E-state index < -0.39 is 0 Å². The molecular weight excluding hydrogens is 382 g/mol. The molecule has 1 aromatic carbocycles. The predicted octanol–water partition coefficient (Wildman–Crippen LogP) is 3.74. The Kier molecular flexibility index (Phi) is 5.85. The van der Waals surface area contributed by atoms with Crippen LogP contribution in [0.2, 0.25) is 0 Å². The molecule has 1 fully saturated rings. The van der Waals surface area contributed by atoms with Crippen LogP contribution in [0.15, 0.2) is 29.4 Å². The number of carbonyl (C=O) groups is 1. The van der Waals surface area contributed by atoms with Crippen molar-refractivity contribution in [1.82, 2.24) is 24.5 Å². The standard InChI is InChI=1S/C22H27N5OS/c1-15-7-9-18(10-8-15)13-19-16(2)23-21-24-22(25-27(21)17(19)3)29-14-20(28)26-11-5-4-6-12-26/h7-10H,4-6,11-14H2,1-3H3. The third-order valence-electron chi connectivity index (χ3n) is 5.56. The second kappa shape index (κ2) is 8.53. The summed E-state index contributed by atoms with van der Waals surface area (Å²) in [6.45, 7) is 7.93. The third kappa shape index (κ3) is 4.45. The van der Waals surface area contributed by atoms with E-state index in [2.05, 4.69) is 53.2 Å². The number of rotatable bonds is 5. The van der Waals surface area contributed by atoms with E-state index in [1.54, 1.807) is 0 Å². The Hall–Kier alpha value is -2.41. The van der Waals surface area contributed by atoms with Gasteiger partial charge < -0.3 is 4.90 Å². The Balaban J connectivity index is 1.52. The lowest BCUT2D eigenvalue weighted by atomic mass is 10.0. The Morgan fingerprint density at radius 1 is 1.03 bits per heavy atom. The van der Waals surface area contributed by atoms with E-state index in [1.165, 1.54) is 34.9 Å². The average Bonchev–Trinajstić information content (AvgIpc) is 3.14. The summed E-state index contributed by atoms with van der Waals surface area (Å²) < 4.78 is 1.81. The van der Waals surface area contributed by atoms with Gasteiger partial charge in [-0.3, -0.25) is 4.79 Å². The summed E-state index contributed by atoms with van der Waals surface area (Å²) in [5, 5.41) is 5.23. The number of amides is 1. The summed E-state index contributed by atoms with van der Waals surface area (Å²) in [6, 6.07) is 8.59. The first-order chi connectivity index (χ1) is 14.0. The van der Waals surface area contributed by atoms with Gasteiger partial charge in [0, 0.05) is 30.9 Å². The minimum atomic E-state index is 0.175. The first-order valence-corrected chi connectivity index (χ1v) is 11.2. The number of piperidine rings is 1. The second-order valence-electron chi connectivity index (χ2n) is 7.76. The predicted molar refractivity (Wildman–Crippen MR) is 115 cm³/mol. The van der Waals surface area contributed by atoms with Crippen molar-refractivity contribution in [1.29, 1.82) is 0 Å². The molecule has 0 atom stereocenters. The average molecular weight is 410 g/mol. The van der Waals surface area contributed by atoms with Gasteiger partial charge in [-0.1, -0.05) is 41.6 Å². The van der Waals surface area contributed by atoms with Crippen LogP contribution >= 0.6 is 11.8 Å². The Morgan fingerprint density at radius 2 is 1.76 bits per heavy atom. The second-order valence-corrected chi connectivity index (χ2v) is 8.70. The molecule has 0 bridgehead atoms. The quantitative estimate of drug-likeness (QED) is 0.601. The lowest BCUT2D eigenvalue weighted by Crippen LogP contribution is -2.36. The van der Waals surface area contributed by atoms with Crippen LogP contribution in [0.4, 0.5) is 0 Å². The fraction of sp³-hybridized carbons (Fsp3) is 0.455. The molecule has 1 aliphatic rings. The highest BCUT2D eigenvalue weighted by atomic mass is 32.2. The zero-order valence-electron chi connectivity index (χ0n) is 17.3. The van der Waals surface area contributed by atoms with Gasteiger partial charge in [0.25, 0.3) is 5.78 Å². The molecule has 0 unspecified atom stereocenters. The summed E-state index contributed by atoms with van der Waals surface area (Å²) in [5.41, 5.74) is 5.71. The Morgan fingerprint density at radius 3 is 2.48 bits per heavy atom. The molecule has 0 aliphatic carbocycles. The molecule has 0 spiro atoms. The molecule has 3 aromatic rings. The molecule has 1 saturated heterocycles. The maximum absolute atomic E-state index is 12.4. The zero-order valence-corrected chi connectivity index (χ0v) is 18.1. The normalized spacial score (nSPS) is 14.5. The number of aromatic nitrogens is 4. The number of fused-ring (bicyclic) bond motifs is 1. The number of hydrogen-bond acceptors (Lipinski definition) is 5. The minimum Gasteiger partial charge on any atom is -0.342 e. The van der Waals surface area contributed by atoms with E-state index in [9.17, 15) is 4.79 Å². The molecule has 6 nitrogen and oxygen atoms in total. The number of benzene rings is 1. The van der Waals surface area contributed by atoms with Crippen molar-refractivity contribution in [3.63, 3.8) is 0 Å². The molecule has 152 valence electrons. The van der Waals surface area contributed by atoms with Crippen molar-refractivity contribution >= 4 is 23.4 Å². The Bertz CT molecular complexity index is 1020. The van der Waals surface area contributed by atoms with Crippen molar-refractivity contribution in [3.05, 3.63) is 52.3 Å². The highest BCUT2D eigenvalue weighted by Crippen LogP contribution is 2.21. The number of thioether (sulfide) groups is 1. The first kappa shape index (κ1) is 19.9. The van der Waals surface area contributed by atoms with E-state index in [0.717, 1.165) is 43.7 Å². The summed E-state index contributed by atoms with van der Waals surface area (Å²) in [7, 11) is 0. The van der Waals surface area contributed by atoms with Gasteiger partial charge >= 0.3 is 0 Å². The van der Waals surface area contributed by atoms with Crippen molar-refractivity contribution in [2.75, 3.05) is 18.8 Å². The maximum atomic E-state index is 12.4. The molecule has 0 saturated carbocycles. The number of hydrogen-bond donors (Lipinski definition) is 0. The van der Waals surface area contributed by atoms with Crippen molar-refractivity contribution in [2.45, 2.75) is 51.6 Å². The molecule has 1 aliphatic heterocycles. The molecule has 29 heavy (non-hydrogen) atoms. The van der Waals surface area contributed by atoms with Gasteiger partial charge in [0.15, 0.2) is 0 Å². The van der Waals surface area contributed by atoms with Crippen LogP contribution in [0.3, 0.4) is 0 Å². The van der Waals surface area contributed by atoms with Crippen LogP contribution in [-0.4, -0.2) is 49.2 Å². The highest BCUT2D eigenvalue weighted by molar-refractivity contribution is 7.99. The van der Waals surface area contributed by atoms with Crippen molar-refractivity contribution in [3.8, 4) is 0 Å². The van der Waals surface area contributed by atoms with Gasteiger partial charge in [-0.15, -0.1) is 5.10 Å². The SMILES string of the molecule is Cc1ccc(Cc2c(C)nc3nc(SCC(=O)N4CCCCC4)nn3c2C)cc1. The number of aryl methyl sites for hydroxylation is 3. The molecule has 2 aromatic heterocycles. The summed E-state index contributed by atoms with van der Waals surface area (Å²) in [6.07, 6.45) is 4.25. The molecule has 1 amide bonds. The van der Waals surface area contributed by atoms with Crippen LogP contribution in [0.5, 0.6) is 0 Å². The van der Waals surface area contributed by atoms with Gasteiger partial charge in [-0.05, 0) is 51.2 Å². The molecular formula is C22H27N5OS. The summed E-state index contributed by atoms with van der Waals surface area (Å²) in [5.74, 6) is 1.15. The smallest absolute Gasteiger partial charge is 0.253 e. The molecule has 4 rings (SSSR count). The van der Waals surface area contributed by atoms with E-state index in [-0.39, 0.29) is 5.91 Å². The molecule has 0 radical (unpaired) electrons. The lowest BCUT2D eigenvalue weighted by molar-refractivity contribution is -0.129. The maximum Gasteiger partial charge on any atom is 0.253 e.